The average molecular weight is 389 g/mol. The Morgan fingerprint density at radius 3 is 2.85 bits per heavy atom. The number of hydrogen-bond acceptors (Lipinski definition) is 8. The van der Waals surface area contributed by atoms with Crippen molar-refractivity contribution in [2.75, 3.05) is 18.9 Å². The van der Waals surface area contributed by atoms with E-state index in [1.54, 1.807) is 4.68 Å². The van der Waals surface area contributed by atoms with Crippen LogP contribution in [0.4, 0.5) is 0 Å². The number of imide groups is 1. The lowest BCUT2D eigenvalue weighted by Gasteiger charge is -2.13. The Morgan fingerprint density at radius 1 is 1.30 bits per heavy atom. The predicted octanol–water partition coefficient (Wildman–Crippen LogP) is 1.06. The van der Waals surface area contributed by atoms with Crippen molar-refractivity contribution in [2.24, 2.45) is 0 Å². The van der Waals surface area contributed by atoms with Crippen LogP contribution in [0.25, 0.3) is 5.69 Å². The van der Waals surface area contributed by atoms with Crippen LogP contribution in [0.15, 0.2) is 23.4 Å². The maximum Gasteiger partial charge on any atom is 0.316 e. The smallest absolute Gasteiger partial charge is 0.316 e. The Balaban J connectivity index is 1.55. The van der Waals surface area contributed by atoms with E-state index in [0.717, 1.165) is 33.5 Å². The summed E-state index contributed by atoms with van der Waals surface area (Å²) in [5, 5.41) is 12.0. The Labute approximate surface area is 160 Å². The van der Waals surface area contributed by atoms with E-state index in [-0.39, 0.29) is 11.7 Å². The summed E-state index contributed by atoms with van der Waals surface area (Å²) in [7, 11) is 0. The van der Waals surface area contributed by atoms with E-state index < -0.39 is 18.5 Å². The molecule has 0 aliphatic carbocycles. The minimum absolute atomic E-state index is 0.0491. The fourth-order valence-corrected chi connectivity index (χ4v) is 3.35. The maximum atomic E-state index is 11.9. The van der Waals surface area contributed by atoms with Crippen LogP contribution in [0.3, 0.4) is 0 Å². The van der Waals surface area contributed by atoms with Crippen LogP contribution in [0.2, 0.25) is 0 Å². The fraction of sp³-hybridized carbons (Fsp3) is 0.412. The van der Waals surface area contributed by atoms with Gasteiger partial charge in [0, 0.05) is 13.0 Å². The van der Waals surface area contributed by atoms with Crippen LogP contribution in [-0.4, -0.2) is 61.8 Å². The zero-order valence-corrected chi connectivity index (χ0v) is 15.9. The molecule has 2 aromatic rings. The quantitative estimate of drug-likeness (QED) is 0.533. The van der Waals surface area contributed by atoms with Gasteiger partial charge < -0.3 is 4.74 Å². The molecule has 1 aromatic carbocycles. The number of carbonyl (C=O) groups is 3. The standard InChI is InChI=1S/C17H19N5O4S/c1-11-5-6-12(2)13(8-11)22-17(18-19-20-22)27-10-16(25)26-9-15(24)21-7-3-4-14(21)23/h5-6,8H,3-4,7,9-10H2,1-2H3. The van der Waals surface area contributed by atoms with Crippen molar-refractivity contribution in [1.29, 1.82) is 0 Å². The Morgan fingerprint density at radius 2 is 2.11 bits per heavy atom. The monoisotopic (exact) mass is 389 g/mol. The van der Waals surface area contributed by atoms with Gasteiger partial charge in [-0.15, -0.1) is 5.10 Å². The van der Waals surface area contributed by atoms with Crippen molar-refractivity contribution in [3.8, 4) is 5.69 Å². The molecule has 0 N–H and O–H groups in total. The van der Waals surface area contributed by atoms with Crippen molar-refractivity contribution in [3.63, 3.8) is 0 Å². The summed E-state index contributed by atoms with van der Waals surface area (Å²) in [5.74, 6) is -1.34. The summed E-state index contributed by atoms with van der Waals surface area (Å²) in [4.78, 5) is 36.4. The van der Waals surface area contributed by atoms with Crippen molar-refractivity contribution in [3.05, 3.63) is 29.3 Å². The number of tetrazole rings is 1. The molecule has 1 saturated heterocycles. The van der Waals surface area contributed by atoms with E-state index >= 15 is 0 Å². The van der Waals surface area contributed by atoms with Gasteiger partial charge in [0.2, 0.25) is 11.1 Å². The number of likely N-dealkylation sites (tertiary alicyclic amines) is 1. The van der Waals surface area contributed by atoms with Gasteiger partial charge in [0.25, 0.3) is 5.91 Å². The third-order valence-electron chi connectivity index (χ3n) is 4.08. The van der Waals surface area contributed by atoms with E-state index in [4.69, 9.17) is 4.74 Å². The SMILES string of the molecule is Cc1ccc(C)c(-n2nnnc2SCC(=O)OCC(=O)N2CCCC2=O)c1. The second-order valence-electron chi connectivity index (χ2n) is 6.16. The van der Waals surface area contributed by atoms with E-state index in [1.165, 1.54) is 0 Å². The van der Waals surface area contributed by atoms with Crippen molar-refractivity contribution in [2.45, 2.75) is 31.8 Å². The molecule has 142 valence electrons. The van der Waals surface area contributed by atoms with Gasteiger partial charge in [-0.1, -0.05) is 23.9 Å². The molecule has 1 aliphatic rings. The molecule has 0 radical (unpaired) electrons. The number of aryl methyl sites for hydroxylation is 2. The molecular formula is C17H19N5O4S. The van der Waals surface area contributed by atoms with Gasteiger partial charge in [-0.2, -0.15) is 4.68 Å². The molecule has 9 nitrogen and oxygen atoms in total. The second-order valence-corrected chi connectivity index (χ2v) is 7.10. The molecule has 2 heterocycles. The average Bonchev–Trinajstić information content (AvgIpc) is 3.28. The summed E-state index contributed by atoms with van der Waals surface area (Å²) in [5.41, 5.74) is 2.90. The van der Waals surface area contributed by atoms with Crippen molar-refractivity contribution >= 4 is 29.5 Å². The van der Waals surface area contributed by atoms with Crippen LogP contribution >= 0.6 is 11.8 Å². The highest BCUT2D eigenvalue weighted by Crippen LogP contribution is 2.21. The zero-order chi connectivity index (χ0) is 19.4. The van der Waals surface area contributed by atoms with E-state index in [9.17, 15) is 14.4 Å². The number of esters is 1. The molecule has 1 fully saturated rings. The fourth-order valence-electron chi connectivity index (χ4n) is 2.66. The molecule has 1 aliphatic heterocycles. The highest BCUT2D eigenvalue weighted by Gasteiger charge is 2.27. The first-order chi connectivity index (χ1) is 13.0. The molecule has 0 bridgehead atoms. The Kier molecular flexibility index (Phi) is 5.84. The van der Waals surface area contributed by atoms with E-state index in [1.807, 2.05) is 32.0 Å². The summed E-state index contributed by atoms with van der Waals surface area (Å²) in [6.07, 6.45) is 1.01. The van der Waals surface area contributed by atoms with Crippen molar-refractivity contribution in [1.82, 2.24) is 25.1 Å². The maximum absolute atomic E-state index is 11.9. The lowest BCUT2D eigenvalue weighted by Crippen LogP contribution is -2.35. The first kappa shape index (κ1) is 19.0. The van der Waals surface area contributed by atoms with E-state index in [0.29, 0.717) is 24.5 Å². The molecule has 10 heteroatoms. The van der Waals surface area contributed by atoms with Gasteiger partial charge in [-0.3, -0.25) is 19.3 Å². The van der Waals surface area contributed by atoms with Gasteiger partial charge in [0.15, 0.2) is 6.61 Å². The predicted molar refractivity (Wildman–Crippen MR) is 96.3 cm³/mol. The van der Waals surface area contributed by atoms with Gasteiger partial charge in [-0.05, 0) is 47.9 Å². The highest BCUT2D eigenvalue weighted by atomic mass is 32.2. The number of thioether (sulfide) groups is 1. The minimum atomic E-state index is -0.574. The molecular weight excluding hydrogens is 370 g/mol. The summed E-state index contributed by atoms with van der Waals surface area (Å²) >= 11 is 1.12. The molecule has 0 unspecified atom stereocenters. The summed E-state index contributed by atoms with van der Waals surface area (Å²) in [6.45, 7) is 3.87. The lowest BCUT2D eigenvalue weighted by molar-refractivity contribution is -0.153. The van der Waals surface area contributed by atoms with Crippen LogP contribution in [-0.2, 0) is 19.1 Å². The normalized spacial score (nSPS) is 13.9. The molecule has 3 rings (SSSR count). The second kappa shape index (κ2) is 8.30. The topological polar surface area (TPSA) is 107 Å². The molecule has 0 atom stereocenters. The van der Waals surface area contributed by atoms with Gasteiger partial charge in [0.1, 0.15) is 0 Å². The Hall–Kier alpha value is -2.75. The summed E-state index contributed by atoms with van der Waals surface area (Å²) < 4.78 is 6.53. The number of benzene rings is 1. The number of hydrogen-bond donors (Lipinski definition) is 0. The third kappa shape index (κ3) is 4.51. The highest BCUT2D eigenvalue weighted by molar-refractivity contribution is 7.99. The lowest BCUT2D eigenvalue weighted by atomic mass is 10.1. The molecule has 0 spiro atoms. The first-order valence-corrected chi connectivity index (χ1v) is 9.42. The summed E-state index contributed by atoms with van der Waals surface area (Å²) in [6, 6.07) is 5.93. The molecule has 27 heavy (non-hydrogen) atoms. The van der Waals surface area contributed by atoms with E-state index in [2.05, 4.69) is 15.5 Å². The van der Waals surface area contributed by atoms with Crippen LogP contribution in [0.1, 0.15) is 24.0 Å². The largest absolute Gasteiger partial charge is 0.455 e. The molecule has 0 saturated carbocycles. The number of carbonyl (C=O) groups excluding carboxylic acids is 3. The zero-order valence-electron chi connectivity index (χ0n) is 15.0. The van der Waals surface area contributed by atoms with Gasteiger partial charge in [0.05, 0.1) is 11.4 Å². The minimum Gasteiger partial charge on any atom is -0.455 e. The first-order valence-electron chi connectivity index (χ1n) is 8.43. The number of rotatable bonds is 6. The number of aromatic nitrogens is 4. The van der Waals surface area contributed by atoms with Crippen LogP contribution in [0, 0.1) is 13.8 Å². The third-order valence-corrected chi connectivity index (χ3v) is 4.98. The number of nitrogens with zero attached hydrogens (tertiary/aromatic N) is 5. The Bertz CT molecular complexity index is 882. The number of ether oxygens (including phenoxy) is 1. The number of amides is 2. The van der Waals surface area contributed by atoms with Crippen molar-refractivity contribution < 1.29 is 19.1 Å². The molecule has 1 aromatic heterocycles. The van der Waals surface area contributed by atoms with Crippen LogP contribution < -0.4 is 0 Å². The molecule has 2 amide bonds. The van der Waals surface area contributed by atoms with Gasteiger partial charge >= 0.3 is 5.97 Å². The van der Waals surface area contributed by atoms with Gasteiger partial charge in [-0.25, -0.2) is 0 Å². The van der Waals surface area contributed by atoms with Crippen LogP contribution in [0.5, 0.6) is 0 Å².